The molecule has 2 aromatic heterocycles. The number of thioether (sulfide) groups is 1. The molecule has 0 radical (unpaired) electrons. The van der Waals surface area contributed by atoms with Crippen LogP contribution in [0.1, 0.15) is 23.1 Å². The molecular formula is C31H26N6O3S2. The zero-order chi connectivity index (χ0) is 28.9. The molecule has 4 aromatic carbocycles. The van der Waals surface area contributed by atoms with Gasteiger partial charge in [-0.05, 0) is 60.2 Å². The molecule has 0 unspecified atom stereocenters. The van der Waals surface area contributed by atoms with Crippen LogP contribution in [0.15, 0.2) is 96.2 Å². The van der Waals surface area contributed by atoms with E-state index in [0.717, 1.165) is 32.4 Å². The van der Waals surface area contributed by atoms with Gasteiger partial charge in [0.1, 0.15) is 5.75 Å². The number of carbonyl (C=O) groups is 2. The van der Waals surface area contributed by atoms with Gasteiger partial charge < -0.3 is 15.4 Å². The molecule has 2 N–H and O–H groups in total. The van der Waals surface area contributed by atoms with E-state index < -0.39 is 0 Å². The Morgan fingerprint density at radius 3 is 2.55 bits per heavy atom. The molecule has 0 bridgehead atoms. The Morgan fingerprint density at radius 1 is 0.929 bits per heavy atom. The fraction of sp³-hybridized carbons (Fsp3) is 0.129. The lowest BCUT2D eigenvalue weighted by molar-refractivity contribution is -0.113. The molecule has 0 aliphatic carbocycles. The number of amides is 2. The van der Waals surface area contributed by atoms with Crippen LogP contribution < -0.4 is 15.4 Å². The number of carbonyl (C=O) groups excluding carboxylic acids is 2. The van der Waals surface area contributed by atoms with E-state index in [4.69, 9.17) is 4.74 Å². The second-order valence-electron chi connectivity index (χ2n) is 9.19. The first kappa shape index (κ1) is 27.4. The molecule has 0 fully saturated rings. The van der Waals surface area contributed by atoms with Crippen LogP contribution in [0.5, 0.6) is 5.75 Å². The number of hydrogen-bond donors (Lipinski definition) is 2. The van der Waals surface area contributed by atoms with Gasteiger partial charge >= 0.3 is 0 Å². The quantitative estimate of drug-likeness (QED) is 0.185. The van der Waals surface area contributed by atoms with Crippen molar-refractivity contribution in [1.29, 1.82) is 0 Å². The van der Waals surface area contributed by atoms with Gasteiger partial charge in [0.2, 0.25) is 5.91 Å². The average Bonchev–Trinajstić information content (AvgIpc) is 3.62. The maximum atomic E-state index is 13.2. The molecule has 6 rings (SSSR count). The summed E-state index contributed by atoms with van der Waals surface area (Å²) in [7, 11) is 0. The SMILES string of the molecule is CCOc1ccc(-n2c(CNC(=O)c3cccc4ccccc34)nnc2SCC(=O)Nc2nc3ccccc3s2)cc1. The number of ether oxygens (including phenoxy) is 1. The zero-order valence-electron chi connectivity index (χ0n) is 22.6. The number of benzene rings is 4. The van der Waals surface area contributed by atoms with Gasteiger partial charge in [0, 0.05) is 11.3 Å². The fourth-order valence-corrected chi connectivity index (χ4v) is 6.17. The monoisotopic (exact) mass is 594 g/mol. The Morgan fingerprint density at radius 2 is 1.71 bits per heavy atom. The van der Waals surface area contributed by atoms with Gasteiger partial charge in [0.15, 0.2) is 16.1 Å². The van der Waals surface area contributed by atoms with E-state index in [1.165, 1.54) is 23.1 Å². The lowest BCUT2D eigenvalue weighted by Crippen LogP contribution is -2.25. The van der Waals surface area contributed by atoms with E-state index in [9.17, 15) is 9.59 Å². The van der Waals surface area contributed by atoms with E-state index >= 15 is 0 Å². The Labute approximate surface area is 250 Å². The van der Waals surface area contributed by atoms with E-state index in [2.05, 4.69) is 25.8 Å². The van der Waals surface area contributed by atoms with Crippen molar-refractivity contribution in [3.63, 3.8) is 0 Å². The van der Waals surface area contributed by atoms with Crippen LogP contribution >= 0.6 is 23.1 Å². The molecule has 0 saturated carbocycles. The normalized spacial score (nSPS) is 11.1. The van der Waals surface area contributed by atoms with Gasteiger partial charge in [-0.15, -0.1) is 10.2 Å². The maximum Gasteiger partial charge on any atom is 0.252 e. The number of para-hydroxylation sites is 1. The molecule has 2 amide bonds. The largest absolute Gasteiger partial charge is 0.494 e. The Balaban J connectivity index is 1.21. The van der Waals surface area contributed by atoms with Gasteiger partial charge in [-0.3, -0.25) is 14.2 Å². The molecule has 9 nitrogen and oxygen atoms in total. The van der Waals surface area contributed by atoms with Crippen molar-refractivity contribution in [2.24, 2.45) is 0 Å². The van der Waals surface area contributed by atoms with Crippen LogP contribution in [0.25, 0.3) is 26.7 Å². The number of rotatable bonds is 10. The standard InChI is InChI=1S/C31H26N6O3S2/c1-2-40-22-16-14-21(15-17-22)37-27(18-32-29(39)24-11-7-9-20-8-3-4-10-23(20)24)35-36-31(37)41-19-28(38)34-30-33-25-12-5-6-13-26(25)42-30/h3-17H,2,18-19H2,1H3,(H,32,39)(H,33,34,38). The van der Waals surface area contributed by atoms with Gasteiger partial charge in [-0.2, -0.15) is 0 Å². The Hall–Kier alpha value is -4.74. The van der Waals surface area contributed by atoms with Crippen LogP contribution in [-0.2, 0) is 11.3 Å². The summed E-state index contributed by atoms with van der Waals surface area (Å²) in [4.78, 5) is 30.5. The Kier molecular flexibility index (Phi) is 8.11. The van der Waals surface area contributed by atoms with Gasteiger partial charge in [0.25, 0.3) is 5.91 Å². The molecule has 0 spiro atoms. The minimum Gasteiger partial charge on any atom is -0.494 e. The molecule has 0 aliphatic rings. The first-order valence-electron chi connectivity index (χ1n) is 13.3. The molecule has 6 aromatic rings. The molecule has 42 heavy (non-hydrogen) atoms. The summed E-state index contributed by atoms with van der Waals surface area (Å²) in [6.45, 7) is 2.63. The smallest absolute Gasteiger partial charge is 0.252 e. The number of hydrogen-bond acceptors (Lipinski definition) is 8. The summed E-state index contributed by atoms with van der Waals surface area (Å²) < 4.78 is 8.45. The van der Waals surface area contributed by atoms with Gasteiger partial charge in [0.05, 0.1) is 29.1 Å². The van der Waals surface area contributed by atoms with E-state index in [1.807, 2.05) is 96.4 Å². The fourth-order valence-electron chi connectivity index (χ4n) is 4.51. The van der Waals surface area contributed by atoms with Crippen molar-refractivity contribution >= 4 is 61.0 Å². The number of nitrogens with zero attached hydrogens (tertiary/aromatic N) is 4. The first-order valence-corrected chi connectivity index (χ1v) is 15.1. The maximum absolute atomic E-state index is 13.2. The first-order chi connectivity index (χ1) is 20.6. The lowest BCUT2D eigenvalue weighted by atomic mass is 10.0. The molecule has 0 saturated heterocycles. The second kappa shape index (κ2) is 12.4. The highest BCUT2D eigenvalue weighted by atomic mass is 32.2. The molecule has 11 heteroatoms. The third kappa shape index (κ3) is 5.97. The molecule has 2 heterocycles. The van der Waals surface area contributed by atoms with Crippen LogP contribution in [-0.4, -0.2) is 43.9 Å². The van der Waals surface area contributed by atoms with Crippen LogP contribution in [0.4, 0.5) is 5.13 Å². The third-order valence-corrected chi connectivity index (χ3v) is 8.30. The molecule has 0 aliphatic heterocycles. The van der Waals surface area contributed by atoms with Crippen molar-refractivity contribution in [2.45, 2.75) is 18.6 Å². The minimum absolute atomic E-state index is 0.105. The number of aromatic nitrogens is 4. The number of anilines is 1. The third-order valence-electron chi connectivity index (χ3n) is 6.42. The van der Waals surface area contributed by atoms with Crippen molar-refractivity contribution in [1.82, 2.24) is 25.1 Å². The highest BCUT2D eigenvalue weighted by Crippen LogP contribution is 2.27. The molecule has 0 atom stereocenters. The molecular weight excluding hydrogens is 569 g/mol. The highest BCUT2D eigenvalue weighted by Gasteiger charge is 2.18. The van der Waals surface area contributed by atoms with E-state index in [-0.39, 0.29) is 24.1 Å². The predicted molar refractivity (Wildman–Crippen MR) is 167 cm³/mol. The summed E-state index contributed by atoms with van der Waals surface area (Å²) >= 11 is 2.68. The van der Waals surface area contributed by atoms with Crippen LogP contribution in [0.2, 0.25) is 0 Å². The van der Waals surface area contributed by atoms with Crippen LogP contribution in [0.3, 0.4) is 0 Å². The van der Waals surface area contributed by atoms with Crippen molar-refractivity contribution in [2.75, 3.05) is 17.7 Å². The summed E-state index contributed by atoms with van der Waals surface area (Å²) in [5.74, 6) is 0.961. The van der Waals surface area contributed by atoms with Gasteiger partial charge in [-0.25, -0.2) is 4.98 Å². The minimum atomic E-state index is -0.211. The van der Waals surface area contributed by atoms with Crippen LogP contribution in [0, 0.1) is 0 Å². The summed E-state index contributed by atoms with van der Waals surface area (Å²) in [6, 6.07) is 28.7. The van der Waals surface area contributed by atoms with Gasteiger partial charge in [-0.1, -0.05) is 71.6 Å². The summed E-state index contributed by atoms with van der Waals surface area (Å²) in [5, 5.41) is 17.5. The highest BCUT2D eigenvalue weighted by molar-refractivity contribution is 7.99. The topological polar surface area (TPSA) is 111 Å². The summed E-state index contributed by atoms with van der Waals surface area (Å²) in [6.07, 6.45) is 0. The summed E-state index contributed by atoms with van der Waals surface area (Å²) in [5.41, 5.74) is 2.21. The lowest BCUT2D eigenvalue weighted by Gasteiger charge is -2.12. The predicted octanol–water partition coefficient (Wildman–Crippen LogP) is 6.09. The van der Waals surface area contributed by atoms with Crippen molar-refractivity contribution in [3.05, 3.63) is 102 Å². The molecule has 210 valence electrons. The zero-order valence-corrected chi connectivity index (χ0v) is 24.2. The number of thiazole rings is 1. The Bertz CT molecular complexity index is 1850. The van der Waals surface area contributed by atoms with Crippen molar-refractivity contribution < 1.29 is 14.3 Å². The average molecular weight is 595 g/mol. The second-order valence-corrected chi connectivity index (χ2v) is 11.2. The van der Waals surface area contributed by atoms with E-state index in [1.54, 1.807) is 6.07 Å². The number of nitrogens with one attached hydrogen (secondary N) is 2. The van der Waals surface area contributed by atoms with E-state index in [0.29, 0.717) is 28.3 Å². The van der Waals surface area contributed by atoms with Crippen molar-refractivity contribution in [3.8, 4) is 11.4 Å². The number of fused-ring (bicyclic) bond motifs is 2.